The van der Waals surface area contributed by atoms with Gasteiger partial charge in [0.1, 0.15) is 6.29 Å². The van der Waals surface area contributed by atoms with Gasteiger partial charge in [0.25, 0.3) is 0 Å². The Labute approximate surface area is 117 Å². The van der Waals surface area contributed by atoms with Crippen molar-refractivity contribution in [1.29, 1.82) is 0 Å². The molecule has 0 aliphatic carbocycles. The third-order valence-electron chi connectivity index (χ3n) is 3.63. The lowest BCUT2D eigenvalue weighted by Crippen LogP contribution is -2.13. The average Bonchev–Trinajstić information content (AvgIpc) is 2.39. The van der Waals surface area contributed by atoms with Gasteiger partial charge >= 0.3 is 5.97 Å². The summed E-state index contributed by atoms with van der Waals surface area (Å²) in [4.78, 5) is 21.3. The third-order valence-corrected chi connectivity index (χ3v) is 3.63. The molecule has 0 aromatic rings. The summed E-state index contributed by atoms with van der Waals surface area (Å²) in [6.07, 6.45) is 13.2. The molecule has 0 amide bonds. The van der Waals surface area contributed by atoms with E-state index < -0.39 is 5.97 Å². The summed E-state index contributed by atoms with van der Waals surface area (Å²) >= 11 is 0. The number of hydrogen-bond donors (Lipinski definition) is 1. The van der Waals surface area contributed by atoms with Crippen LogP contribution in [-0.4, -0.2) is 17.4 Å². The lowest BCUT2D eigenvalue weighted by molar-refractivity contribution is -0.142. The van der Waals surface area contributed by atoms with E-state index in [1.807, 2.05) is 0 Å². The zero-order valence-electron chi connectivity index (χ0n) is 12.4. The first-order chi connectivity index (χ1) is 9.22. The van der Waals surface area contributed by atoms with E-state index in [1.54, 1.807) is 0 Å². The minimum atomic E-state index is -0.627. The predicted molar refractivity (Wildman–Crippen MR) is 78.3 cm³/mol. The maximum absolute atomic E-state index is 11.1. The molecule has 0 rings (SSSR count). The number of carbonyl (C=O) groups excluding carboxylic acids is 1. The van der Waals surface area contributed by atoms with E-state index >= 15 is 0 Å². The Balaban J connectivity index is 3.54. The molecule has 0 spiro atoms. The monoisotopic (exact) mass is 270 g/mol. The van der Waals surface area contributed by atoms with Gasteiger partial charge in [-0.3, -0.25) is 4.79 Å². The molecule has 0 saturated heterocycles. The normalized spacial score (nSPS) is 12.3. The van der Waals surface area contributed by atoms with E-state index in [9.17, 15) is 9.59 Å². The van der Waals surface area contributed by atoms with Crippen LogP contribution in [0.4, 0.5) is 0 Å². The van der Waals surface area contributed by atoms with Crippen LogP contribution in [0.25, 0.3) is 0 Å². The number of aliphatic carboxylic acids is 1. The van der Waals surface area contributed by atoms with Crippen LogP contribution in [0.2, 0.25) is 0 Å². The van der Waals surface area contributed by atoms with Gasteiger partial charge in [0.2, 0.25) is 0 Å². The van der Waals surface area contributed by atoms with Crippen molar-refractivity contribution in [3.8, 4) is 0 Å². The molecule has 0 aromatic carbocycles. The van der Waals surface area contributed by atoms with Crippen molar-refractivity contribution >= 4 is 12.3 Å². The highest BCUT2D eigenvalue weighted by Gasteiger charge is 2.15. The number of carboxylic acid groups (broad SMARTS) is 1. The second kappa shape index (κ2) is 13.6. The Bertz CT molecular complexity index is 226. The fourth-order valence-corrected chi connectivity index (χ4v) is 2.36. The molecule has 112 valence electrons. The molecule has 3 heteroatoms. The van der Waals surface area contributed by atoms with Crippen LogP contribution >= 0.6 is 0 Å². The van der Waals surface area contributed by atoms with Gasteiger partial charge in [-0.05, 0) is 19.3 Å². The number of carboxylic acids is 1. The van der Waals surface area contributed by atoms with E-state index in [-0.39, 0.29) is 5.92 Å². The first-order valence-electron chi connectivity index (χ1n) is 7.88. The van der Waals surface area contributed by atoms with Crippen molar-refractivity contribution in [3.05, 3.63) is 0 Å². The van der Waals surface area contributed by atoms with Crippen molar-refractivity contribution in [2.45, 2.75) is 84.0 Å². The van der Waals surface area contributed by atoms with Gasteiger partial charge in [-0.1, -0.05) is 58.3 Å². The fourth-order valence-electron chi connectivity index (χ4n) is 2.36. The first kappa shape index (κ1) is 18.1. The molecule has 0 fully saturated rings. The quantitative estimate of drug-likeness (QED) is 0.371. The van der Waals surface area contributed by atoms with Crippen molar-refractivity contribution in [2.75, 3.05) is 0 Å². The Morgan fingerprint density at radius 2 is 1.47 bits per heavy atom. The standard InChI is InChI=1S/C16H30O3/c1-2-3-4-9-12-15(16(18)19)13-10-7-5-6-8-11-14-17/h14-15H,2-13H2,1H3,(H,18,19). The zero-order chi connectivity index (χ0) is 14.3. The van der Waals surface area contributed by atoms with Gasteiger partial charge in [-0.15, -0.1) is 0 Å². The first-order valence-corrected chi connectivity index (χ1v) is 7.88. The molecule has 0 bridgehead atoms. The predicted octanol–water partition coefficient (Wildman–Crippen LogP) is 4.59. The second-order valence-corrected chi connectivity index (χ2v) is 5.40. The number of aldehydes is 1. The lowest BCUT2D eigenvalue weighted by atomic mass is 9.94. The molecule has 0 heterocycles. The molecule has 19 heavy (non-hydrogen) atoms. The van der Waals surface area contributed by atoms with Crippen LogP contribution in [-0.2, 0) is 9.59 Å². The lowest BCUT2D eigenvalue weighted by Gasteiger charge is -2.11. The highest BCUT2D eigenvalue weighted by Crippen LogP contribution is 2.18. The van der Waals surface area contributed by atoms with Gasteiger partial charge < -0.3 is 9.90 Å². The molecular formula is C16H30O3. The summed E-state index contributed by atoms with van der Waals surface area (Å²) in [5.74, 6) is -0.774. The third kappa shape index (κ3) is 11.9. The molecule has 0 aromatic heterocycles. The van der Waals surface area contributed by atoms with Crippen molar-refractivity contribution < 1.29 is 14.7 Å². The summed E-state index contributed by atoms with van der Waals surface area (Å²) in [5.41, 5.74) is 0. The van der Waals surface area contributed by atoms with Crippen molar-refractivity contribution in [1.82, 2.24) is 0 Å². The van der Waals surface area contributed by atoms with E-state index in [2.05, 4.69) is 6.92 Å². The highest BCUT2D eigenvalue weighted by molar-refractivity contribution is 5.69. The topological polar surface area (TPSA) is 54.4 Å². The molecular weight excluding hydrogens is 240 g/mol. The summed E-state index contributed by atoms with van der Waals surface area (Å²) in [7, 11) is 0. The van der Waals surface area contributed by atoms with E-state index in [0.717, 1.165) is 64.1 Å². The number of rotatable bonds is 14. The number of unbranched alkanes of at least 4 members (excludes halogenated alkanes) is 8. The minimum Gasteiger partial charge on any atom is -0.481 e. The smallest absolute Gasteiger partial charge is 0.306 e. The van der Waals surface area contributed by atoms with Crippen LogP contribution < -0.4 is 0 Å². The largest absolute Gasteiger partial charge is 0.481 e. The SMILES string of the molecule is CCCCCCC(CCCCCCCC=O)C(=O)O. The molecule has 3 nitrogen and oxygen atoms in total. The van der Waals surface area contributed by atoms with E-state index in [1.165, 1.54) is 12.8 Å². The summed E-state index contributed by atoms with van der Waals surface area (Å²) in [6.45, 7) is 2.17. The van der Waals surface area contributed by atoms with Crippen LogP contribution in [0.1, 0.15) is 84.0 Å². The van der Waals surface area contributed by atoms with Gasteiger partial charge in [0.05, 0.1) is 5.92 Å². The maximum Gasteiger partial charge on any atom is 0.306 e. The van der Waals surface area contributed by atoms with Gasteiger partial charge in [-0.2, -0.15) is 0 Å². The summed E-state index contributed by atoms with van der Waals surface area (Å²) in [6, 6.07) is 0. The van der Waals surface area contributed by atoms with Crippen LogP contribution in [0.3, 0.4) is 0 Å². The Kier molecular flexibility index (Phi) is 13.0. The fraction of sp³-hybridized carbons (Fsp3) is 0.875. The van der Waals surface area contributed by atoms with E-state index in [4.69, 9.17) is 5.11 Å². The van der Waals surface area contributed by atoms with Gasteiger partial charge in [-0.25, -0.2) is 0 Å². The molecule has 0 radical (unpaired) electrons. The molecule has 0 aliphatic rings. The minimum absolute atomic E-state index is 0.146. The molecule has 0 saturated carbocycles. The molecule has 1 atom stereocenters. The Hall–Kier alpha value is -0.860. The molecule has 1 unspecified atom stereocenters. The van der Waals surface area contributed by atoms with Crippen molar-refractivity contribution in [2.24, 2.45) is 5.92 Å². The summed E-state index contributed by atoms with van der Waals surface area (Å²) < 4.78 is 0. The molecule has 1 N–H and O–H groups in total. The number of carbonyl (C=O) groups is 2. The van der Waals surface area contributed by atoms with Crippen LogP contribution in [0.15, 0.2) is 0 Å². The Morgan fingerprint density at radius 3 is 2.00 bits per heavy atom. The molecule has 0 aliphatic heterocycles. The zero-order valence-corrected chi connectivity index (χ0v) is 12.4. The van der Waals surface area contributed by atoms with Crippen LogP contribution in [0.5, 0.6) is 0 Å². The average molecular weight is 270 g/mol. The highest BCUT2D eigenvalue weighted by atomic mass is 16.4. The maximum atomic E-state index is 11.1. The number of hydrogen-bond acceptors (Lipinski definition) is 2. The van der Waals surface area contributed by atoms with E-state index in [0.29, 0.717) is 6.42 Å². The Morgan fingerprint density at radius 1 is 0.947 bits per heavy atom. The van der Waals surface area contributed by atoms with Crippen LogP contribution in [0, 0.1) is 5.92 Å². The summed E-state index contributed by atoms with van der Waals surface area (Å²) in [5, 5.41) is 9.16. The van der Waals surface area contributed by atoms with Gasteiger partial charge in [0, 0.05) is 6.42 Å². The van der Waals surface area contributed by atoms with Crippen molar-refractivity contribution in [3.63, 3.8) is 0 Å². The second-order valence-electron chi connectivity index (χ2n) is 5.40. The van der Waals surface area contributed by atoms with Gasteiger partial charge in [0.15, 0.2) is 0 Å².